The Kier molecular flexibility index (Phi) is 7.96. The Labute approximate surface area is 97.7 Å². The summed E-state index contributed by atoms with van der Waals surface area (Å²) >= 11 is 0. The summed E-state index contributed by atoms with van der Waals surface area (Å²) in [6.07, 6.45) is 4.46. The van der Waals surface area contributed by atoms with Crippen molar-refractivity contribution in [2.24, 2.45) is 0 Å². The van der Waals surface area contributed by atoms with Gasteiger partial charge in [0.05, 0.1) is 0 Å². The smallest absolute Gasteiger partial charge is 0.263 e. The second-order valence-corrected chi connectivity index (χ2v) is 3.76. The van der Waals surface area contributed by atoms with Crippen LogP contribution < -0.4 is 10.6 Å². The zero-order valence-electron chi connectivity index (χ0n) is 10.3. The van der Waals surface area contributed by atoms with Gasteiger partial charge in [-0.05, 0) is 19.8 Å². The highest BCUT2D eigenvalue weighted by atomic mass is 16.1. The molecule has 4 nitrogen and oxygen atoms in total. The predicted octanol–water partition coefficient (Wildman–Crippen LogP) is 1.70. The molecule has 0 aromatic rings. The molecule has 0 aliphatic rings. The van der Waals surface area contributed by atoms with Crippen molar-refractivity contribution in [2.45, 2.75) is 46.1 Å². The van der Waals surface area contributed by atoms with E-state index in [-0.39, 0.29) is 17.5 Å². The van der Waals surface area contributed by atoms with E-state index in [1.807, 2.05) is 19.9 Å². The van der Waals surface area contributed by atoms with Crippen LogP contribution in [0.15, 0.2) is 11.8 Å². The number of rotatable bonds is 7. The number of carbonyl (C=O) groups is 1. The number of nitriles is 1. The topological polar surface area (TPSA) is 64.9 Å². The van der Waals surface area contributed by atoms with Crippen LogP contribution in [0.25, 0.3) is 0 Å². The van der Waals surface area contributed by atoms with Crippen LogP contribution in [-0.2, 0) is 4.79 Å². The third kappa shape index (κ3) is 6.07. The van der Waals surface area contributed by atoms with E-state index in [1.165, 1.54) is 6.20 Å². The highest BCUT2D eigenvalue weighted by Gasteiger charge is 2.10. The second-order valence-electron chi connectivity index (χ2n) is 3.76. The molecule has 0 spiro atoms. The van der Waals surface area contributed by atoms with Gasteiger partial charge in [0.25, 0.3) is 5.91 Å². The lowest BCUT2D eigenvalue weighted by atomic mass is 10.2. The van der Waals surface area contributed by atoms with E-state index in [0.717, 1.165) is 25.8 Å². The SMILES string of the molecule is CCCCN/C=C(/C#N)C(=O)NC(C)CC. The number of carbonyl (C=O) groups excluding carboxylic acids is 1. The molecule has 1 atom stereocenters. The molecule has 0 aromatic carbocycles. The highest BCUT2D eigenvalue weighted by molar-refractivity contribution is 5.97. The first-order chi connectivity index (χ1) is 7.65. The Balaban J connectivity index is 4.16. The van der Waals surface area contributed by atoms with Crippen LogP contribution in [0.2, 0.25) is 0 Å². The molecule has 1 amide bonds. The largest absolute Gasteiger partial charge is 0.390 e. The molecule has 0 heterocycles. The summed E-state index contributed by atoms with van der Waals surface area (Å²) in [5.41, 5.74) is 0.136. The van der Waals surface area contributed by atoms with Crippen molar-refractivity contribution in [3.8, 4) is 6.07 Å². The van der Waals surface area contributed by atoms with E-state index in [2.05, 4.69) is 17.6 Å². The molecule has 0 bridgehead atoms. The van der Waals surface area contributed by atoms with Gasteiger partial charge in [-0.3, -0.25) is 4.79 Å². The normalized spacial score (nSPS) is 12.8. The summed E-state index contributed by atoms with van der Waals surface area (Å²) < 4.78 is 0. The third-order valence-corrected chi connectivity index (χ3v) is 2.28. The monoisotopic (exact) mass is 223 g/mol. The first-order valence-corrected chi connectivity index (χ1v) is 5.80. The van der Waals surface area contributed by atoms with Gasteiger partial charge in [-0.1, -0.05) is 20.3 Å². The number of hydrogen-bond acceptors (Lipinski definition) is 3. The van der Waals surface area contributed by atoms with Crippen LogP contribution in [0.4, 0.5) is 0 Å². The predicted molar refractivity (Wildman–Crippen MR) is 64.5 cm³/mol. The van der Waals surface area contributed by atoms with Gasteiger partial charge in [0.15, 0.2) is 0 Å². The molecule has 0 rings (SSSR count). The number of amides is 1. The summed E-state index contributed by atoms with van der Waals surface area (Å²) in [6, 6.07) is 1.99. The number of nitrogens with one attached hydrogen (secondary N) is 2. The van der Waals surface area contributed by atoms with Crippen LogP contribution >= 0.6 is 0 Å². The molecule has 0 aromatic heterocycles. The van der Waals surface area contributed by atoms with Gasteiger partial charge in [-0.25, -0.2) is 0 Å². The molecule has 4 heteroatoms. The molecular formula is C12H21N3O. The number of hydrogen-bond donors (Lipinski definition) is 2. The molecule has 0 fully saturated rings. The van der Waals surface area contributed by atoms with Crippen LogP contribution in [-0.4, -0.2) is 18.5 Å². The van der Waals surface area contributed by atoms with Crippen molar-refractivity contribution in [3.05, 3.63) is 11.8 Å². The summed E-state index contributed by atoms with van der Waals surface area (Å²) in [5, 5.41) is 14.5. The fraction of sp³-hybridized carbons (Fsp3) is 0.667. The van der Waals surface area contributed by atoms with Crippen LogP contribution in [0, 0.1) is 11.3 Å². The maximum Gasteiger partial charge on any atom is 0.263 e. The molecule has 0 aliphatic carbocycles. The zero-order valence-corrected chi connectivity index (χ0v) is 10.3. The minimum absolute atomic E-state index is 0.0971. The zero-order chi connectivity index (χ0) is 12.4. The van der Waals surface area contributed by atoms with Gasteiger partial charge in [0.1, 0.15) is 11.6 Å². The van der Waals surface area contributed by atoms with Crippen LogP contribution in [0.1, 0.15) is 40.0 Å². The lowest BCUT2D eigenvalue weighted by Gasteiger charge is -2.10. The number of nitrogens with zero attached hydrogens (tertiary/aromatic N) is 1. The van der Waals surface area contributed by atoms with E-state index in [1.54, 1.807) is 0 Å². The minimum Gasteiger partial charge on any atom is -0.390 e. The van der Waals surface area contributed by atoms with Crippen molar-refractivity contribution in [3.63, 3.8) is 0 Å². The van der Waals surface area contributed by atoms with Crippen molar-refractivity contribution in [1.82, 2.24) is 10.6 Å². The quantitative estimate of drug-likeness (QED) is 0.392. The minimum atomic E-state index is -0.305. The Bertz CT molecular complexity index is 278. The maximum atomic E-state index is 11.6. The van der Waals surface area contributed by atoms with Gasteiger partial charge in [-0.2, -0.15) is 5.26 Å². The first kappa shape index (κ1) is 14.5. The third-order valence-electron chi connectivity index (χ3n) is 2.28. The van der Waals surface area contributed by atoms with Gasteiger partial charge in [-0.15, -0.1) is 0 Å². The highest BCUT2D eigenvalue weighted by Crippen LogP contribution is 1.95. The molecular weight excluding hydrogens is 202 g/mol. The Morgan fingerprint density at radius 1 is 1.50 bits per heavy atom. The van der Waals surface area contributed by atoms with Gasteiger partial charge >= 0.3 is 0 Å². The molecule has 0 saturated carbocycles. The van der Waals surface area contributed by atoms with Gasteiger partial charge < -0.3 is 10.6 Å². The van der Waals surface area contributed by atoms with Crippen LogP contribution in [0.3, 0.4) is 0 Å². The number of unbranched alkanes of at least 4 members (excludes halogenated alkanes) is 1. The van der Waals surface area contributed by atoms with Crippen molar-refractivity contribution >= 4 is 5.91 Å². The maximum absolute atomic E-state index is 11.6. The molecule has 0 aliphatic heterocycles. The summed E-state index contributed by atoms with van der Waals surface area (Å²) in [7, 11) is 0. The Morgan fingerprint density at radius 2 is 2.19 bits per heavy atom. The van der Waals surface area contributed by atoms with E-state index in [0.29, 0.717) is 0 Å². The van der Waals surface area contributed by atoms with E-state index >= 15 is 0 Å². The van der Waals surface area contributed by atoms with E-state index in [9.17, 15) is 4.79 Å². The molecule has 0 radical (unpaired) electrons. The second kappa shape index (κ2) is 8.78. The lowest BCUT2D eigenvalue weighted by molar-refractivity contribution is -0.117. The van der Waals surface area contributed by atoms with Gasteiger partial charge in [0.2, 0.25) is 0 Å². The Morgan fingerprint density at radius 3 is 2.69 bits per heavy atom. The molecule has 0 saturated heterocycles. The molecule has 90 valence electrons. The van der Waals surface area contributed by atoms with Crippen molar-refractivity contribution in [2.75, 3.05) is 6.54 Å². The summed E-state index contributed by atoms with van der Waals surface area (Å²) in [6.45, 7) is 6.78. The lowest BCUT2D eigenvalue weighted by Crippen LogP contribution is -2.33. The average molecular weight is 223 g/mol. The molecule has 1 unspecified atom stereocenters. The van der Waals surface area contributed by atoms with E-state index in [4.69, 9.17) is 5.26 Å². The fourth-order valence-corrected chi connectivity index (χ4v) is 1.01. The summed E-state index contributed by atoms with van der Waals surface area (Å²) in [5.74, 6) is -0.305. The van der Waals surface area contributed by atoms with Gasteiger partial charge in [0, 0.05) is 18.8 Å². The fourth-order valence-electron chi connectivity index (χ4n) is 1.01. The van der Waals surface area contributed by atoms with Crippen LogP contribution in [0.5, 0.6) is 0 Å². The standard InChI is InChI=1S/C12H21N3O/c1-4-6-7-14-9-11(8-13)12(16)15-10(3)5-2/h9-10,14H,4-7H2,1-3H3,(H,15,16)/b11-9-. The molecule has 16 heavy (non-hydrogen) atoms. The Hall–Kier alpha value is -1.50. The van der Waals surface area contributed by atoms with Crippen molar-refractivity contribution < 1.29 is 4.79 Å². The molecule has 2 N–H and O–H groups in total. The van der Waals surface area contributed by atoms with E-state index < -0.39 is 0 Å². The van der Waals surface area contributed by atoms with Crippen molar-refractivity contribution in [1.29, 1.82) is 5.26 Å². The first-order valence-electron chi connectivity index (χ1n) is 5.80. The summed E-state index contributed by atoms with van der Waals surface area (Å²) in [4.78, 5) is 11.6. The average Bonchev–Trinajstić information content (AvgIpc) is 2.28.